The Morgan fingerprint density at radius 2 is 1.61 bits per heavy atom. The molecular weight excluding hydrogens is 288 g/mol. The summed E-state index contributed by atoms with van der Waals surface area (Å²) in [5, 5.41) is 3.17. The fourth-order valence-electron chi connectivity index (χ4n) is 2.30. The molecular formula is C19H40N2O2. The first-order valence-electron chi connectivity index (χ1n) is 8.94. The van der Waals surface area contributed by atoms with Gasteiger partial charge in [0.15, 0.2) is 0 Å². The lowest BCUT2D eigenvalue weighted by Crippen LogP contribution is -2.47. The maximum Gasteiger partial charge on any atom is 0.223 e. The number of nitrogens with one attached hydrogen (secondary N) is 1. The van der Waals surface area contributed by atoms with Gasteiger partial charge in [-0.1, -0.05) is 27.7 Å². The van der Waals surface area contributed by atoms with E-state index in [1.807, 2.05) is 6.92 Å². The standard InChI is InChI=1S/C19H40N2O2/c1-15(9-10-17(2,3)4)16(22)21-18(5,6)12-14-23-19(7,8)11-13-20/h15H,9-14,20H2,1-8H3,(H,21,22). The molecule has 4 nitrogen and oxygen atoms in total. The van der Waals surface area contributed by atoms with Crippen LogP contribution in [0.15, 0.2) is 0 Å². The van der Waals surface area contributed by atoms with Crippen LogP contribution in [-0.2, 0) is 9.53 Å². The van der Waals surface area contributed by atoms with Crippen LogP contribution in [0, 0.1) is 11.3 Å². The summed E-state index contributed by atoms with van der Waals surface area (Å²) in [6.45, 7) is 18.1. The Balaban J connectivity index is 4.26. The molecule has 138 valence electrons. The van der Waals surface area contributed by atoms with Gasteiger partial charge in [-0.15, -0.1) is 0 Å². The van der Waals surface area contributed by atoms with E-state index in [0.717, 1.165) is 25.7 Å². The smallest absolute Gasteiger partial charge is 0.223 e. The van der Waals surface area contributed by atoms with Gasteiger partial charge in [0.25, 0.3) is 0 Å². The second-order valence-electron chi connectivity index (χ2n) is 9.27. The average molecular weight is 329 g/mol. The molecule has 1 amide bonds. The molecule has 1 unspecified atom stereocenters. The summed E-state index contributed by atoms with van der Waals surface area (Å²) in [6.07, 6.45) is 3.60. The van der Waals surface area contributed by atoms with Crippen LogP contribution in [0.25, 0.3) is 0 Å². The van der Waals surface area contributed by atoms with E-state index in [9.17, 15) is 4.79 Å². The average Bonchev–Trinajstić information content (AvgIpc) is 2.33. The third-order valence-electron chi connectivity index (χ3n) is 4.20. The van der Waals surface area contributed by atoms with E-state index in [0.29, 0.717) is 13.2 Å². The predicted octanol–water partition coefficient (Wildman–Crippen LogP) is 3.88. The Morgan fingerprint density at radius 1 is 1.04 bits per heavy atom. The third-order valence-corrected chi connectivity index (χ3v) is 4.20. The number of nitrogens with two attached hydrogens (primary N) is 1. The van der Waals surface area contributed by atoms with Crippen molar-refractivity contribution in [3.05, 3.63) is 0 Å². The monoisotopic (exact) mass is 328 g/mol. The highest BCUT2D eigenvalue weighted by atomic mass is 16.5. The molecule has 0 aromatic rings. The van der Waals surface area contributed by atoms with Gasteiger partial charge in [0.2, 0.25) is 5.91 Å². The maximum absolute atomic E-state index is 12.4. The summed E-state index contributed by atoms with van der Waals surface area (Å²) >= 11 is 0. The van der Waals surface area contributed by atoms with Gasteiger partial charge in [-0.3, -0.25) is 4.79 Å². The zero-order valence-electron chi connectivity index (χ0n) is 16.7. The molecule has 0 aliphatic rings. The molecule has 1 atom stereocenters. The van der Waals surface area contributed by atoms with Crippen molar-refractivity contribution in [2.45, 2.75) is 92.2 Å². The minimum absolute atomic E-state index is 0.0445. The van der Waals surface area contributed by atoms with Gasteiger partial charge < -0.3 is 15.8 Å². The molecule has 0 spiro atoms. The van der Waals surface area contributed by atoms with E-state index < -0.39 is 0 Å². The van der Waals surface area contributed by atoms with Crippen molar-refractivity contribution in [2.24, 2.45) is 17.1 Å². The molecule has 0 aromatic carbocycles. The predicted molar refractivity (Wildman–Crippen MR) is 98.4 cm³/mol. The quantitative estimate of drug-likeness (QED) is 0.639. The van der Waals surface area contributed by atoms with Crippen molar-refractivity contribution in [2.75, 3.05) is 13.2 Å². The first kappa shape index (κ1) is 22.4. The Morgan fingerprint density at radius 3 is 2.09 bits per heavy atom. The Hall–Kier alpha value is -0.610. The molecule has 0 aromatic heterocycles. The van der Waals surface area contributed by atoms with Gasteiger partial charge in [0, 0.05) is 18.1 Å². The lowest BCUT2D eigenvalue weighted by molar-refractivity contribution is -0.126. The van der Waals surface area contributed by atoms with Crippen LogP contribution in [0.2, 0.25) is 0 Å². The van der Waals surface area contributed by atoms with E-state index >= 15 is 0 Å². The first-order valence-corrected chi connectivity index (χ1v) is 8.94. The zero-order chi connectivity index (χ0) is 18.3. The Labute approximate surface area is 143 Å². The van der Waals surface area contributed by atoms with Crippen LogP contribution in [0.4, 0.5) is 0 Å². The highest BCUT2D eigenvalue weighted by molar-refractivity contribution is 5.78. The van der Waals surface area contributed by atoms with Crippen LogP contribution < -0.4 is 11.1 Å². The highest BCUT2D eigenvalue weighted by Crippen LogP contribution is 2.24. The summed E-state index contributed by atoms with van der Waals surface area (Å²) < 4.78 is 5.91. The Bertz CT molecular complexity index is 357. The normalized spacial score (nSPS) is 14.7. The number of hydrogen-bond donors (Lipinski definition) is 2. The summed E-state index contributed by atoms with van der Waals surface area (Å²) in [5.74, 6) is 0.184. The Kier molecular flexibility index (Phi) is 8.79. The number of hydrogen-bond acceptors (Lipinski definition) is 3. The van der Waals surface area contributed by atoms with Crippen molar-refractivity contribution < 1.29 is 9.53 Å². The lowest BCUT2D eigenvalue weighted by Gasteiger charge is -2.31. The molecule has 0 radical (unpaired) electrons. The van der Waals surface area contributed by atoms with E-state index in [4.69, 9.17) is 10.5 Å². The zero-order valence-corrected chi connectivity index (χ0v) is 16.7. The largest absolute Gasteiger partial charge is 0.375 e. The highest BCUT2D eigenvalue weighted by Gasteiger charge is 2.26. The van der Waals surface area contributed by atoms with E-state index in [1.165, 1.54) is 0 Å². The van der Waals surface area contributed by atoms with Crippen LogP contribution in [0.1, 0.15) is 81.1 Å². The van der Waals surface area contributed by atoms with Crippen molar-refractivity contribution >= 4 is 5.91 Å². The number of ether oxygens (including phenoxy) is 1. The lowest BCUT2D eigenvalue weighted by atomic mass is 9.86. The number of amides is 1. The van der Waals surface area contributed by atoms with Gasteiger partial charge in [-0.25, -0.2) is 0 Å². The van der Waals surface area contributed by atoms with Crippen molar-refractivity contribution in [1.82, 2.24) is 5.32 Å². The molecule has 0 saturated carbocycles. The van der Waals surface area contributed by atoms with Crippen LogP contribution in [-0.4, -0.2) is 30.2 Å². The molecule has 0 aliphatic heterocycles. The second-order valence-corrected chi connectivity index (χ2v) is 9.27. The molecule has 4 heteroatoms. The van der Waals surface area contributed by atoms with Crippen LogP contribution in [0.3, 0.4) is 0 Å². The topological polar surface area (TPSA) is 64.3 Å². The molecule has 0 heterocycles. The van der Waals surface area contributed by atoms with Gasteiger partial charge in [-0.2, -0.15) is 0 Å². The van der Waals surface area contributed by atoms with Crippen molar-refractivity contribution in [1.29, 1.82) is 0 Å². The molecule has 0 rings (SSSR count). The van der Waals surface area contributed by atoms with Crippen LogP contribution >= 0.6 is 0 Å². The first-order chi connectivity index (χ1) is 10.3. The third kappa shape index (κ3) is 11.5. The molecule has 0 fully saturated rings. The minimum atomic E-state index is -0.258. The maximum atomic E-state index is 12.4. The second kappa shape index (κ2) is 9.03. The van der Waals surface area contributed by atoms with Crippen LogP contribution in [0.5, 0.6) is 0 Å². The van der Waals surface area contributed by atoms with Gasteiger partial charge in [0.1, 0.15) is 0 Å². The number of carbonyl (C=O) groups is 1. The van der Waals surface area contributed by atoms with Gasteiger partial charge in [-0.05, 0) is 65.3 Å². The SMILES string of the molecule is CC(CCC(C)(C)C)C(=O)NC(C)(C)CCOC(C)(C)CCN. The molecule has 23 heavy (non-hydrogen) atoms. The van der Waals surface area contributed by atoms with Gasteiger partial charge in [0.05, 0.1) is 5.60 Å². The minimum Gasteiger partial charge on any atom is -0.375 e. The molecule has 0 aliphatic carbocycles. The summed E-state index contributed by atoms with van der Waals surface area (Å²) in [4.78, 5) is 12.4. The van der Waals surface area contributed by atoms with E-state index in [-0.39, 0.29) is 28.4 Å². The molecule has 0 bridgehead atoms. The molecule has 0 saturated heterocycles. The number of rotatable bonds is 10. The van der Waals surface area contributed by atoms with E-state index in [1.54, 1.807) is 0 Å². The summed E-state index contributed by atoms with van der Waals surface area (Å²) in [5.41, 5.74) is 5.41. The fraction of sp³-hybridized carbons (Fsp3) is 0.947. The molecule has 3 N–H and O–H groups in total. The number of carbonyl (C=O) groups excluding carboxylic acids is 1. The van der Waals surface area contributed by atoms with Crippen molar-refractivity contribution in [3.8, 4) is 0 Å². The summed E-state index contributed by atoms with van der Waals surface area (Å²) in [6, 6.07) is 0. The fourth-order valence-corrected chi connectivity index (χ4v) is 2.30. The van der Waals surface area contributed by atoms with Crippen molar-refractivity contribution in [3.63, 3.8) is 0 Å². The van der Waals surface area contributed by atoms with E-state index in [2.05, 4.69) is 53.8 Å². The summed E-state index contributed by atoms with van der Waals surface area (Å²) in [7, 11) is 0. The van der Waals surface area contributed by atoms with Gasteiger partial charge >= 0.3 is 0 Å².